The van der Waals surface area contributed by atoms with Crippen LogP contribution in [0.3, 0.4) is 0 Å². The van der Waals surface area contributed by atoms with Gasteiger partial charge < -0.3 is 0 Å². The van der Waals surface area contributed by atoms with Crippen LogP contribution in [0.2, 0.25) is 0 Å². The van der Waals surface area contributed by atoms with E-state index in [1.54, 1.807) is 0 Å². The first-order valence-electron chi connectivity index (χ1n) is 14.6. The molecule has 2 aliphatic rings. The van der Waals surface area contributed by atoms with Crippen molar-refractivity contribution < 1.29 is 24.2 Å². The molecular formula is C41H46Cl2I2Zr-4. The molecule has 246 valence electrons. The molecule has 0 atom stereocenters. The summed E-state index contributed by atoms with van der Waals surface area (Å²) >= 11 is 5.84. The van der Waals surface area contributed by atoms with Gasteiger partial charge in [-0.25, -0.2) is 12.2 Å². The van der Waals surface area contributed by atoms with Crippen molar-refractivity contribution in [2.75, 3.05) is 0 Å². The van der Waals surface area contributed by atoms with Gasteiger partial charge in [0.1, 0.15) is 0 Å². The van der Waals surface area contributed by atoms with Crippen LogP contribution in [0.5, 0.6) is 0 Å². The molecule has 46 heavy (non-hydrogen) atoms. The first kappa shape index (κ1) is 44.9. The molecule has 0 aliphatic heterocycles. The van der Waals surface area contributed by atoms with E-state index in [1.807, 2.05) is 60.7 Å². The minimum atomic E-state index is 0. The monoisotopic (exact) mass is 952 g/mol. The summed E-state index contributed by atoms with van der Waals surface area (Å²) in [5, 5.41) is 0. The van der Waals surface area contributed by atoms with E-state index in [-0.39, 0.29) is 35.6 Å². The molecular weight excluding hydrogens is 908 g/mol. The molecule has 6 rings (SSSR count). The molecule has 0 fully saturated rings. The van der Waals surface area contributed by atoms with Crippen LogP contribution < -0.4 is 0 Å². The van der Waals surface area contributed by atoms with Gasteiger partial charge in [-0.15, -0.1) is 61.1 Å². The first-order chi connectivity index (χ1) is 20.7. The Hall–Kier alpha value is -1.11. The molecule has 0 nitrogen and oxygen atoms in total. The molecule has 2 aliphatic carbocycles. The van der Waals surface area contributed by atoms with Crippen molar-refractivity contribution in [1.82, 2.24) is 0 Å². The normalized spacial score (nSPS) is 11.5. The van der Waals surface area contributed by atoms with E-state index >= 15 is 0 Å². The van der Waals surface area contributed by atoms with Gasteiger partial charge in [0, 0.05) is 0 Å². The fraction of sp³-hybridized carbons (Fsp3) is 0.244. The number of hydrogen-bond donors (Lipinski definition) is 0. The van der Waals surface area contributed by atoms with Crippen LogP contribution in [-0.4, -0.2) is 4.21 Å². The van der Waals surface area contributed by atoms with E-state index < -0.39 is 0 Å². The van der Waals surface area contributed by atoms with Crippen molar-refractivity contribution in [2.45, 2.75) is 65.2 Å². The van der Waals surface area contributed by atoms with E-state index in [1.165, 1.54) is 64.8 Å². The van der Waals surface area contributed by atoms with E-state index in [4.69, 9.17) is 0 Å². The van der Waals surface area contributed by atoms with Gasteiger partial charge in [0.05, 0.1) is 0 Å². The summed E-state index contributed by atoms with van der Waals surface area (Å²) in [6.45, 7) is 21.2. The Morgan fingerprint density at radius 1 is 0.696 bits per heavy atom. The van der Waals surface area contributed by atoms with Gasteiger partial charge in [0.25, 0.3) is 0 Å². The van der Waals surface area contributed by atoms with Crippen molar-refractivity contribution in [3.05, 3.63) is 164 Å². The van der Waals surface area contributed by atoms with E-state index in [0.29, 0.717) is 0 Å². The average Bonchev–Trinajstić information content (AvgIpc) is 3.68. The van der Waals surface area contributed by atoms with E-state index in [2.05, 4.69) is 153 Å². The summed E-state index contributed by atoms with van der Waals surface area (Å²) in [4.78, 5) is 0. The number of benzene rings is 4. The molecule has 5 heteroatoms. The quantitative estimate of drug-likeness (QED) is 0.107. The summed E-state index contributed by atoms with van der Waals surface area (Å²) in [6.07, 6.45) is 11.0. The predicted octanol–water partition coefficient (Wildman–Crippen LogP) is 12.7. The van der Waals surface area contributed by atoms with Crippen LogP contribution in [0.4, 0.5) is 0 Å². The summed E-state index contributed by atoms with van der Waals surface area (Å²) in [6, 6.07) is 31.3. The van der Waals surface area contributed by atoms with Crippen molar-refractivity contribution in [1.29, 1.82) is 0 Å². The van der Waals surface area contributed by atoms with Gasteiger partial charge in [0.15, 0.2) is 0 Å². The third-order valence-corrected chi connectivity index (χ3v) is 8.38. The molecule has 0 spiro atoms. The number of hydrogen-bond acceptors (Lipinski definition) is 0. The Bertz CT molecular complexity index is 1370. The van der Waals surface area contributed by atoms with Crippen LogP contribution >= 0.6 is 70.0 Å². The van der Waals surface area contributed by atoms with Gasteiger partial charge in [-0.1, -0.05) is 76.3 Å². The van der Waals surface area contributed by atoms with Crippen molar-refractivity contribution >= 4 is 74.2 Å². The van der Waals surface area contributed by atoms with Crippen LogP contribution in [0.15, 0.2) is 97.1 Å². The van der Waals surface area contributed by atoms with Crippen molar-refractivity contribution in [3.8, 4) is 11.1 Å². The number of fused-ring (bicyclic) bond motifs is 3. The Morgan fingerprint density at radius 2 is 1.17 bits per heavy atom. The van der Waals surface area contributed by atoms with E-state index in [0.717, 1.165) is 24.0 Å². The molecule has 0 unspecified atom stereocenters. The molecule has 0 saturated carbocycles. The second-order valence-corrected chi connectivity index (χ2v) is 15.1. The third kappa shape index (κ3) is 15.4. The average molecular weight is 955 g/mol. The van der Waals surface area contributed by atoms with Gasteiger partial charge in [-0.2, -0.15) is 84.6 Å². The summed E-state index contributed by atoms with van der Waals surface area (Å²) in [7, 11) is 0. The molecule has 0 N–H and O–H groups in total. The van der Waals surface area contributed by atoms with Gasteiger partial charge in [-0.3, -0.25) is 6.08 Å². The number of halogens is 4. The van der Waals surface area contributed by atoms with Crippen LogP contribution in [0.1, 0.15) is 81.3 Å². The SMILES string of the molecule is CC(C)(C)c1c[c-]c2c(c1)-c1cc(C(C)(C)C)ccc1C2.Cl.Cl.[C-]1=CC=CC1.[CH2-]c1ccc(I)cc1.[CH2-]c1ccc(I)cc1.[CH2]=[Zr]. The second kappa shape index (κ2) is 21.8. The Kier molecular flexibility index (Phi) is 21.3. The zero-order valence-corrected chi connectivity index (χ0v) is 36.3. The molecule has 0 amide bonds. The van der Waals surface area contributed by atoms with E-state index in [9.17, 15) is 0 Å². The van der Waals surface area contributed by atoms with Crippen molar-refractivity contribution in [2.24, 2.45) is 0 Å². The zero-order chi connectivity index (χ0) is 32.9. The zero-order valence-electron chi connectivity index (χ0n) is 27.8. The minimum absolute atomic E-state index is 0. The molecule has 4 aromatic rings. The van der Waals surface area contributed by atoms with Gasteiger partial charge in [-0.05, 0) is 69.7 Å². The third-order valence-electron chi connectivity index (χ3n) is 6.94. The molecule has 0 heterocycles. The first-order valence-corrected chi connectivity index (χ1v) is 18.5. The topological polar surface area (TPSA) is 0 Å². The summed E-state index contributed by atoms with van der Waals surface area (Å²) < 4.78 is 5.86. The Labute approximate surface area is 334 Å². The maximum atomic E-state index is 3.76. The molecule has 4 aromatic carbocycles. The maximum absolute atomic E-state index is 3.76. The van der Waals surface area contributed by atoms with Crippen molar-refractivity contribution in [3.63, 3.8) is 0 Å². The molecule has 0 aromatic heterocycles. The van der Waals surface area contributed by atoms with Crippen LogP contribution in [-0.2, 0) is 41.5 Å². The van der Waals surface area contributed by atoms with Crippen LogP contribution in [0.25, 0.3) is 11.1 Å². The molecule has 0 radical (unpaired) electrons. The van der Waals surface area contributed by atoms with Crippen LogP contribution in [0, 0.1) is 33.1 Å². The second-order valence-electron chi connectivity index (χ2n) is 12.6. The van der Waals surface area contributed by atoms with Gasteiger partial charge in [0.2, 0.25) is 0 Å². The molecule has 0 saturated heterocycles. The fourth-order valence-electron chi connectivity index (χ4n) is 4.29. The fourth-order valence-corrected chi connectivity index (χ4v) is 5.01. The Morgan fingerprint density at radius 3 is 1.54 bits per heavy atom. The number of allylic oxidation sites excluding steroid dienone is 4. The summed E-state index contributed by atoms with van der Waals surface area (Å²) in [5.41, 5.74) is 10.9. The number of rotatable bonds is 0. The summed E-state index contributed by atoms with van der Waals surface area (Å²) in [5.74, 6) is 0. The van der Waals surface area contributed by atoms with Gasteiger partial charge >= 0.3 is 28.4 Å². The standard InChI is InChI=1S/C21H25.2C7H6I.C5H5.CH2.2ClH.Zr/c1-20(2,3)16-9-7-14-11-15-8-10-17(21(4,5)6)13-19(15)18(14)12-16;2*1-6-2-4-7(8)5-3-6;1-2-4-5-3-1;;;;/h7,9-10,12-13H,11H2,1-6H3;2*2-5H,1H2;1-3H,4H2;1H2;2*1H;/q4*-1;;;;. The predicted molar refractivity (Wildman–Crippen MR) is 221 cm³/mol. The Balaban J connectivity index is 0.000000669. The molecule has 0 bridgehead atoms.